The lowest BCUT2D eigenvalue weighted by atomic mass is 10.1. The van der Waals surface area contributed by atoms with E-state index < -0.39 is 0 Å². The standard InChI is InChI=1S/C15H22ClNO/c1-2-17-10-13-7-8-15(14(16)9-13)18-11-12-5-3-4-6-12/h7-9,12,17H,2-6,10-11H2,1H3. The normalized spacial score (nSPS) is 16.1. The van der Waals surface area contributed by atoms with Crippen molar-refractivity contribution in [3.05, 3.63) is 28.8 Å². The van der Waals surface area contributed by atoms with E-state index in [2.05, 4.69) is 18.3 Å². The van der Waals surface area contributed by atoms with Crippen LogP contribution in [0.25, 0.3) is 0 Å². The quantitative estimate of drug-likeness (QED) is 0.841. The molecule has 2 rings (SSSR count). The topological polar surface area (TPSA) is 21.3 Å². The number of halogens is 1. The summed E-state index contributed by atoms with van der Waals surface area (Å²) in [6.07, 6.45) is 5.30. The molecule has 1 aliphatic carbocycles. The van der Waals surface area contributed by atoms with E-state index in [9.17, 15) is 0 Å². The zero-order valence-corrected chi connectivity index (χ0v) is 11.8. The molecule has 0 unspecified atom stereocenters. The van der Waals surface area contributed by atoms with Gasteiger partial charge in [-0.1, -0.05) is 37.4 Å². The molecule has 0 amide bonds. The predicted octanol–water partition coefficient (Wildman–Crippen LogP) is 4.02. The average molecular weight is 268 g/mol. The van der Waals surface area contributed by atoms with Gasteiger partial charge in [-0.3, -0.25) is 0 Å². The Morgan fingerprint density at radius 1 is 1.33 bits per heavy atom. The lowest BCUT2D eigenvalue weighted by Crippen LogP contribution is -2.12. The number of nitrogens with one attached hydrogen (secondary N) is 1. The monoisotopic (exact) mass is 267 g/mol. The van der Waals surface area contributed by atoms with Crippen LogP contribution in [0.15, 0.2) is 18.2 Å². The average Bonchev–Trinajstić information content (AvgIpc) is 2.88. The van der Waals surface area contributed by atoms with Crippen LogP contribution in [0.2, 0.25) is 5.02 Å². The molecule has 0 heterocycles. The lowest BCUT2D eigenvalue weighted by Gasteiger charge is -2.13. The van der Waals surface area contributed by atoms with Crippen molar-refractivity contribution in [3.63, 3.8) is 0 Å². The number of hydrogen-bond acceptors (Lipinski definition) is 2. The molecule has 2 nitrogen and oxygen atoms in total. The summed E-state index contributed by atoms with van der Waals surface area (Å²) in [5.41, 5.74) is 1.20. The molecule has 1 aromatic rings. The van der Waals surface area contributed by atoms with E-state index in [1.165, 1.54) is 31.2 Å². The van der Waals surface area contributed by atoms with Crippen LogP contribution in [-0.4, -0.2) is 13.2 Å². The van der Waals surface area contributed by atoms with E-state index in [1.807, 2.05) is 12.1 Å². The highest BCUT2D eigenvalue weighted by atomic mass is 35.5. The highest BCUT2D eigenvalue weighted by Gasteiger charge is 2.16. The largest absolute Gasteiger partial charge is 0.492 e. The fraction of sp³-hybridized carbons (Fsp3) is 0.600. The Kier molecular flexibility index (Phi) is 5.33. The molecule has 0 saturated heterocycles. The third-order valence-electron chi connectivity index (χ3n) is 3.52. The van der Waals surface area contributed by atoms with Crippen molar-refractivity contribution in [2.24, 2.45) is 5.92 Å². The number of ether oxygens (including phenoxy) is 1. The first kappa shape index (κ1) is 13.7. The molecule has 1 aliphatic rings. The van der Waals surface area contributed by atoms with E-state index in [0.29, 0.717) is 0 Å². The fourth-order valence-electron chi connectivity index (χ4n) is 2.43. The summed E-state index contributed by atoms with van der Waals surface area (Å²) in [5, 5.41) is 4.01. The molecule has 0 atom stereocenters. The minimum absolute atomic E-state index is 0.725. The summed E-state index contributed by atoms with van der Waals surface area (Å²) >= 11 is 6.24. The van der Waals surface area contributed by atoms with E-state index in [4.69, 9.17) is 16.3 Å². The number of rotatable bonds is 6. The second-order valence-corrected chi connectivity index (χ2v) is 5.41. The maximum atomic E-state index is 6.24. The van der Waals surface area contributed by atoms with Crippen molar-refractivity contribution in [2.45, 2.75) is 39.2 Å². The van der Waals surface area contributed by atoms with Crippen LogP contribution in [0.4, 0.5) is 0 Å². The van der Waals surface area contributed by atoms with E-state index in [0.717, 1.165) is 36.4 Å². The van der Waals surface area contributed by atoms with Crippen molar-refractivity contribution in [2.75, 3.05) is 13.2 Å². The van der Waals surface area contributed by atoms with Gasteiger partial charge in [0, 0.05) is 6.54 Å². The van der Waals surface area contributed by atoms with Gasteiger partial charge in [-0.15, -0.1) is 0 Å². The van der Waals surface area contributed by atoms with Crippen LogP contribution in [0.1, 0.15) is 38.2 Å². The number of hydrogen-bond donors (Lipinski definition) is 1. The van der Waals surface area contributed by atoms with Crippen LogP contribution in [0, 0.1) is 5.92 Å². The SMILES string of the molecule is CCNCc1ccc(OCC2CCCC2)c(Cl)c1. The Morgan fingerprint density at radius 3 is 2.78 bits per heavy atom. The van der Waals surface area contributed by atoms with Gasteiger partial charge in [0.25, 0.3) is 0 Å². The zero-order valence-electron chi connectivity index (χ0n) is 11.0. The molecule has 1 aromatic carbocycles. The molecule has 18 heavy (non-hydrogen) atoms. The van der Waals surface area contributed by atoms with Gasteiger partial charge in [-0.2, -0.15) is 0 Å². The molecular weight excluding hydrogens is 246 g/mol. The predicted molar refractivity (Wildman–Crippen MR) is 76.3 cm³/mol. The molecule has 0 aromatic heterocycles. The highest BCUT2D eigenvalue weighted by molar-refractivity contribution is 6.32. The van der Waals surface area contributed by atoms with E-state index in [1.54, 1.807) is 0 Å². The van der Waals surface area contributed by atoms with Gasteiger partial charge in [0.2, 0.25) is 0 Å². The Labute approximate surface area is 115 Å². The van der Waals surface area contributed by atoms with Crippen LogP contribution in [0.3, 0.4) is 0 Å². The van der Waals surface area contributed by atoms with Crippen LogP contribution < -0.4 is 10.1 Å². The van der Waals surface area contributed by atoms with Gasteiger partial charge >= 0.3 is 0 Å². The van der Waals surface area contributed by atoms with Gasteiger partial charge in [0.05, 0.1) is 11.6 Å². The molecule has 0 aliphatic heterocycles. The maximum absolute atomic E-state index is 6.24. The summed E-state index contributed by atoms with van der Waals surface area (Å²) in [7, 11) is 0. The van der Waals surface area contributed by atoms with Crippen LogP contribution >= 0.6 is 11.6 Å². The molecular formula is C15H22ClNO. The van der Waals surface area contributed by atoms with Crippen LogP contribution in [-0.2, 0) is 6.54 Å². The van der Waals surface area contributed by atoms with Crippen molar-refractivity contribution in [1.82, 2.24) is 5.32 Å². The third kappa shape index (κ3) is 3.89. The fourth-order valence-corrected chi connectivity index (χ4v) is 2.68. The van der Waals surface area contributed by atoms with Gasteiger partial charge in [-0.25, -0.2) is 0 Å². The van der Waals surface area contributed by atoms with Crippen molar-refractivity contribution < 1.29 is 4.74 Å². The summed E-state index contributed by atoms with van der Waals surface area (Å²) in [4.78, 5) is 0. The molecule has 1 fully saturated rings. The molecule has 0 radical (unpaired) electrons. The lowest BCUT2D eigenvalue weighted by molar-refractivity contribution is 0.252. The zero-order chi connectivity index (χ0) is 12.8. The van der Waals surface area contributed by atoms with Gasteiger partial charge < -0.3 is 10.1 Å². The summed E-state index contributed by atoms with van der Waals surface area (Å²) in [6, 6.07) is 6.07. The molecule has 100 valence electrons. The first-order chi connectivity index (χ1) is 8.79. The van der Waals surface area contributed by atoms with E-state index in [-0.39, 0.29) is 0 Å². The molecule has 0 bridgehead atoms. The van der Waals surface area contributed by atoms with E-state index >= 15 is 0 Å². The first-order valence-corrected chi connectivity index (χ1v) is 7.29. The summed E-state index contributed by atoms with van der Waals surface area (Å²) in [6.45, 7) is 4.74. The third-order valence-corrected chi connectivity index (χ3v) is 3.82. The highest BCUT2D eigenvalue weighted by Crippen LogP contribution is 2.29. The maximum Gasteiger partial charge on any atom is 0.137 e. The first-order valence-electron chi connectivity index (χ1n) is 6.91. The van der Waals surface area contributed by atoms with Gasteiger partial charge in [-0.05, 0) is 43.0 Å². The minimum Gasteiger partial charge on any atom is -0.492 e. The Hall–Kier alpha value is -0.730. The molecule has 1 saturated carbocycles. The second kappa shape index (κ2) is 7.01. The number of benzene rings is 1. The van der Waals surface area contributed by atoms with Crippen molar-refractivity contribution >= 4 is 11.6 Å². The smallest absolute Gasteiger partial charge is 0.137 e. The van der Waals surface area contributed by atoms with Crippen LogP contribution in [0.5, 0.6) is 5.75 Å². The minimum atomic E-state index is 0.725. The Balaban J connectivity index is 1.87. The summed E-state index contributed by atoms with van der Waals surface area (Å²) < 4.78 is 5.83. The molecule has 3 heteroatoms. The van der Waals surface area contributed by atoms with Gasteiger partial charge in [0.15, 0.2) is 0 Å². The van der Waals surface area contributed by atoms with Gasteiger partial charge in [0.1, 0.15) is 5.75 Å². The van der Waals surface area contributed by atoms with Crippen molar-refractivity contribution in [3.8, 4) is 5.75 Å². The molecule has 0 spiro atoms. The van der Waals surface area contributed by atoms with Crippen molar-refractivity contribution in [1.29, 1.82) is 0 Å². The summed E-state index contributed by atoms with van der Waals surface area (Å²) in [5.74, 6) is 1.55. The molecule has 1 N–H and O–H groups in total. The second-order valence-electron chi connectivity index (χ2n) is 5.01. The Morgan fingerprint density at radius 2 is 2.11 bits per heavy atom. The Bertz CT molecular complexity index is 375.